The molecule has 0 aliphatic rings. The van der Waals surface area contributed by atoms with Crippen LogP contribution in [0.25, 0.3) is 0 Å². The number of anilines is 2. The molecule has 7 nitrogen and oxygen atoms in total. The van der Waals surface area contributed by atoms with Gasteiger partial charge in [0.25, 0.3) is 5.56 Å². The van der Waals surface area contributed by atoms with E-state index >= 15 is 0 Å². The van der Waals surface area contributed by atoms with Crippen LogP contribution in [-0.2, 0) is 6.54 Å². The van der Waals surface area contributed by atoms with Gasteiger partial charge < -0.3 is 9.88 Å². The Labute approximate surface area is 138 Å². The predicted octanol–water partition coefficient (Wildman–Crippen LogP) is 2.25. The standard InChI is InChI=1S/C17H16N6O/c1-11-8-12(2)23(16(24)14(11)9-18)10-15-20-17(22-21-15)19-13-6-4-3-5-7-13/h3-8H,10H2,1-2H3,(H2,19,20,21,22). The van der Waals surface area contributed by atoms with Crippen molar-refractivity contribution in [1.82, 2.24) is 19.7 Å². The molecular formula is C17H16N6O. The zero-order chi connectivity index (χ0) is 17.1. The quantitative estimate of drug-likeness (QED) is 0.768. The van der Waals surface area contributed by atoms with Crippen LogP contribution in [0.1, 0.15) is 22.6 Å². The zero-order valence-corrected chi connectivity index (χ0v) is 13.4. The molecule has 7 heteroatoms. The second-order valence-corrected chi connectivity index (χ2v) is 5.44. The molecule has 0 atom stereocenters. The monoisotopic (exact) mass is 320 g/mol. The van der Waals surface area contributed by atoms with Gasteiger partial charge in [0, 0.05) is 11.4 Å². The van der Waals surface area contributed by atoms with E-state index in [0.29, 0.717) is 17.3 Å². The second kappa shape index (κ2) is 6.38. The van der Waals surface area contributed by atoms with Gasteiger partial charge in [-0.2, -0.15) is 10.2 Å². The lowest BCUT2D eigenvalue weighted by molar-refractivity contribution is 0.690. The minimum absolute atomic E-state index is 0.155. The molecule has 0 spiro atoms. The number of para-hydroxylation sites is 1. The third-order valence-corrected chi connectivity index (χ3v) is 3.69. The largest absolute Gasteiger partial charge is 0.323 e. The number of nitriles is 1. The maximum Gasteiger partial charge on any atom is 0.269 e. The molecule has 0 bridgehead atoms. The highest BCUT2D eigenvalue weighted by Gasteiger charge is 2.12. The summed E-state index contributed by atoms with van der Waals surface area (Å²) in [5.74, 6) is 0.959. The maximum absolute atomic E-state index is 12.4. The molecule has 120 valence electrons. The van der Waals surface area contributed by atoms with Crippen LogP contribution in [0.2, 0.25) is 0 Å². The lowest BCUT2D eigenvalue weighted by atomic mass is 10.1. The van der Waals surface area contributed by atoms with E-state index in [4.69, 9.17) is 5.26 Å². The number of aromatic amines is 1. The fraction of sp³-hybridized carbons (Fsp3) is 0.176. The first kappa shape index (κ1) is 15.5. The molecule has 0 saturated carbocycles. The summed E-state index contributed by atoms with van der Waals surface area (Å²) in [6.45, 7) is 3.81. The van der Waals surface area contributed by atoms with Gasteiger partial charge in [0.1, 0.15) is 17.5 Å². The summed E-state index contributed by atoms with van der Waals surface area (Å²) in [4.78, 5) is 16.7. The van der Waals surface area contributed by atoms with E-state index in [0.717, 1.165) is 11.4 Å². The minimum atomic E-state index is -0.316. The molecule has 3 aromatic rings. The van der Waals surface area contributed by atoms with Gasteiger partial charge in [-0.05, 0) is 37.6 Å². The van der Waals surface area contributed by atoms with E-state index in [1.54, 1.807) is 6.92 Å². The van der Waals surface area contributed by atoms with Crippen LogP contribution in [0.15, 0.2) is 41.2 Å². The first-order valence-electron chi connectivity index (χ1n) is 7.43. The average molecular weight is 320 g/mol. The molecule has 0 unspecified atom stereocenters. The Balaban J connectivity index is 1.86. The molecule has 2 aromatic heterocycles. The summed E-state index contributed by atoms with van der Waals surface area (Å²) in [6, 6.07) is 13.3. The topological polar surface area (TPSA) is 99.4 Å². The smallest absolute Gasteiger partial charge is 0.269 e. The van der Waals surface area contributed by atoms with Crippen molar-refractivity contribution >= 4 is 11.6 Å². The Hall–Kier alpha value is -3.40. The molecule has 0 radical (unpaired) electrons. The molecule has 2 heterocycles. The summed E-state index contributed by atoms with van der Waals surface area (Å²) in [6.07, 6.45) is 0. The van der Waals surface area contributed by atoms with Gasteiger partial charge >= 0.3 is 0 Å². The Morgan fingerprint density at radius 2 is 2.04 bits per heavy atom. The first-order chi connectivity index (χ1) is 11.6. The average Bonchev–Trinajstić information content (AvgIpc) is 3.00. The molecule has 24 heavy (non-hydrogen) atoms. The van der Waals surface area contributed by atoms with Gasteiger partial charge in [0.05, 0.1) is 6.54 Å². The number of aromatic nitrogens is 4. The van der Waals surface area contributed by atoms with Crippen molar-refractivity contribution in [3.8, 4) is 6.07 Å². The van der Waals surface area contributed by atoms with Crippen LogP contribution in [0, 0.1) is 25.2 Å². The predicted molar refractivity (Wildman–Crippen MR) is 90.1 cm³/mol. The number of aryl methyl sites for hydroxylation is 2. The minimum Gasteiger partial charge on any atom is -0.323 e. The Morgan fingerprint density at radius 1 is 1.29 bits per heavy atom. The van der Waals surface area contributed by atoms with Crippen LogP contribution in [0.5, 0.6) is 0 Å². The van der Waals surface area contributed by atoms with Gasteiger partial charge in [0.15, 0.2) is 0 Å². The molecular weight excluding hydrogens is 304 g/mol. The fourth-order valence-corrected chi connectivity index (χ4v) is 2.48. The number of rotatable bonds is 4. The second-order valence-electron chi connectivity index (χ2n) is 5.44. The summed E-state index contributed by atoms with van der Waals surface area (Å²) in [5, 5.41) is 19.1. The van der Waals surface area contributed by atoms with Gasteiger partial charge in [0.2, 0.25) is 5.95 Å². The summed E-state index contributed by atoms with van der Waals surface area (Å²) in [5.41, 5.74) is 2.16. The Morgan fingerprint density at radius 3 is 2.75 bits per heavy atom. The third-order valence-electron chi connectivity index (χ3n) is 3.69. The van der Waals surface area contributed by atoms with Crippen molar-refractivity contribution in [3.63, 3.8) is 0 Å². The van der Waals surface area contributed by atoms with E-state index < -0.39 is 0 Å². The highest BCUT2D eigenvalue weighted by atomic mass is 16.1. The summed E-state index contributed by atoms with van der Waals surface area (Å²) >= 11 is 0. The van der Waals surface area contributed by atoms with E-state index in [1.807, 2.05) is 49.4 Å². The van der Waals surface area contributed by atoms with Crippen molar-refractivity contribution in [2.75, 3.05) is 5.32 Å². The van der Waals surface area contributed by atoms with Crippen molar-refractivity contribution < 1.29 is 0 Å². The van der Waals surface area contributed by atoms with Gasteiger partial charge in [-0.25, -0.2) is 0 Å². The van der Waals surface area contributed by atoms with E-state index in [1.165, 1.54) is 4.57 Å². The molecule has 0 saturated heterocycles. The van der Waals surface area contributed by atoms with Crippen LogP contribution in [0.3, 0.4) is 0 Å². The molecule has 3 rings (SSSR count). The van der Waals surface area contributed by atoms with Gasteiger partial charge in [-0.1, -0.05) is 18.2 Å². The summed E-state index contributed by atoms with van der Waals surface area (Å²) < 4.78 is 1.51. The third kappa shape index (κ3) is 3.03. The molecule has 0 aliphatic carbocycles. The fourth-order valence-electron chi connectivity index (χ4n) is 2.48. The van der Waals surface area contributed by atoms with Crippen LogP contribution in [0.4, 0.5) is 11.6 Å². The molecule has 0 amide bonds. The number of hydrogen-bond acceptors (Lipinski definition) is 5. The van der Waals surface area contributed by atoms with E-state index in [2.05, 4.69) is 20.5 Å². The molecule has 0 fully saturated rings. The number of nitrogens with one attached hydrogen (secondary N) is 2. The molecule has 1 aromatic carbocycles. The maximum atomic E-state index is 12.4. The lowest BCUT2D eigenvalue weighted by Gasteiger charge is -2.10. The Bertz CT molecular complexity index is 965. The van der Waals surface area contributed by atoms with Crippen LogP contribution in [-0.4, -0.2) is 19.7 Å². The van der Waals surface area contributed by atoms with E-state index in [9.17, 15) is 4.79 Å². The Kier molecular flexibility index (Phi) is 4.12. The van der Waals surface area contributed by atoms with Crippen LogP contribution >= 0.6 is 0 Å². The van der Waals surface area contributed by atoms with Gasteiger partial charge in [-0.15, -0.1) is 5.10 Å². The first-order valence-corrected chi connectivity index (χ1v) is 7.43. The highest BCUT2D eigenvalue weighted by molar-refractivity contribution is 5.52. The van der Waals surface area contributed by atoms with E-state index in [-0.39, 0.29) is 17.7 Å². The van der Waals surface area contributed by atoms with Crippen molar-refractivity contribution in [3.05, 3.63) is 69.4 Å². The van der Waals surface area contributed by atoms with Crippen molar-refractivity contribution in [2.24, 2.45) is 0 Å². The summed E-state index contributed by atoms with van der Waals surface area (Å²) in [7, 11) is 0. The number of H-pyrrole nitrogens is 1. The molecule has 2 N–H and O–H groups in total. The normalized spacial score (nSPS) is 10.4. The number of nitrogens with zero attached hydrogens (tertiary/aromatic N) is 4. The zero-order valence-electron chi connectivity index (χ0n) is 13.4. The lowest BCUT2D eigenvalue weighted by Crippen LogP contribution is -2.26. The van der Waals surface area contributed by atoms with Crippen molar-refractivity contribution in [2.45, 2.75) is 20.4 Å². The van der Waals surface area contributed by atoms with Gasteiger partial charge in [-0.3, -0.25) is 9.89 Å². The number of pyridine rings is 1. The van der Waals surface area contributed by atoms with Crippen LogP contribution < -0.4 is 10.9 Å². The highest BCUT2D eigenvalue weighted by Crippen LogP contribution is 2.12. The number of benzene rings is 1. The number of hydrogen-bond donors (Lipinski definition) is 2. The molecule has 0 aliphatic heterocycles. The SMILES string of the molecule is Cc1cc(C)n(Cc2nc(Nc3ccccc3)n[nH]2)c(=O)c1C#N. The van der Waals surface area contributed by atoms with Crippen molar-refractivity contribution in [1.29, 1.82) is 5.26 Å².